The average Bonchev–Trinajstić information content (AvgIpc) is 3.15. The normalized spacial score (nSPS) is 10.7. The van der Waals surface area contributed by atoms with Gasteiger partial charge in [-0.2, -0.15) is 0 Å². The lowest BCUT2D eigenvalue weighted by Crippen LogP contribution is -2.33. The van der Waals surface area contributed by atoms with Crippen molar-refractivity contribution in [2.75, 3.05) is 20.6 Å². The van der Waals surface area contributed by atoms with Crippen LogP contribution in [0.3, 0.4) is 0 Å². The molecule has 0 saturated carbocycles. The molecule has 5 nitrogen and oxygen atoms in total. The van der Waals surface area contributed by atoms with E-state index in [1.807, 2.05) is 23.1 Å². The zero-order chi connectivity index (χ0) is 21.7. The van der Waals surface area contributed by atoms with Gasteiger partial charge in [-0.15, -0.1) is 11.3 Å². The molecule has 3 aromatic rings. The fourth-order valence-corrected chi connectivity index (χ4v) is 4.13. The number of aromatic nitrogens is 1. The lowest BCUT2D eigenvalue weighted by molar-refractivity contribution is 0.0743. The summed E-state index contributed by atoms with van der Waals surface area (Å²) in [6.45, 7) is 5.02. The summed E-state index contributed by atoms with van der Waals surface area (Å²) >= 11 is 1.70. The maximum Gasteiger partial charge on any atom is 0.271 e. The van der Waals surface area contributed by atoms with Crippen molar-refractivity contribution in [3.8, 4) is 0 Å². The Morgan fingerprint density at radius 2 is 1.67 bits per heavy atom. The molecule has 0 atom stereocenters. The molecule has 0 aliphatic rings. The van der Waals surface area contributed by atoms with Crippen LogP contribution in [-0.4, -0.2) is 47.2 Å². The Kier molecular flexibility index (Phi) is 7.00. The molecule has 2 amide bonds. The van der Waals surface area contributed by atoms with Crippen molar-refractivity contribution in [1.82, 2.24) is 14.8 Å². The van der Waals surface area contributed by atoms with Crippen LogP contribution in [0, 0.1) is 13.8 Å². The van der Waals surface area contributed by atoms with Crippen molar-refractivity contribution in [3.63, 3.8) is 0 Å². The lowest BCUT2D eigenvalue weighted by Gasteiger charge is -2.23. The first-order valence-electron chi connectivity index (χ1n) is 9.93. The first kappa shape index (κ1) is 21.7. The largest absolute Gasteiger partial charge is 0.343 e. The highest BCUT2D eigenvalue weighted by molar-refractivity contribution is 7.11. The molecule has 6 heteroatoms. The zero-order valence-electron chi connectivity index (χ0n) is 17.9. The molecule has 0 aliphatic heterocycles. The molecule has 2 aromatic heterocycles. The number of pyridine rings is 1. The van der Waals surface area contributed by atoms with Crippen LogP contribution >= 0.6 is 11.3 Å². The molecule has 2 heterocycles. The summed E-state index contributed by atoms with van der Waals surface area (Å²) in [4.78, 5) is 35.7. The molecule has 0 radical (unpaired) electrons. The van der Waals surface area contributed by atoms with E-state index in [9.17, 15) is 9.59 Å². The molecular formula is C24H27N3O2S. The molecule has 0 N–H and O–H groups in total. The SMILES string of the molecule is Cc1ccc(CN(CCc2ccccc2)C(=O)c2ccc(C(=O)N(C)C)nc2C)s1. The second-order valence-electron chi connectivity index (χ2n) is 7.50. The minimum Gasteiger partial charge on any atom is -0.343 e. The quantitative estimate of drug-likeness (QED) is 0.570. The zero-order valence-corrected chi connectivity index (χ0v) is 18.7. The fraction of sp³-hybridized carbons (Fsp3) is 0.292. The van der Waals surface area contributed by atoms with E-state index in [1.165, 1.54) is 15.3 Å². The number of hydrogen-bond acceptors (Lipinski definition) is 4. The Morgan fingerprint density at radius 3 is 2.27 bits per heavy atom. The van der Waals surface area contributed by atoms with Crippen LogP contribution in [0.1, 0.15) is 41.9 Å². The minimum atomic E-state index is -0.174. The molecule has 0 bridgehead atoms. The number of carbonyl (C=O) groups excluding carboxylic acids is 2. The van der Waals surface area contributed by atoms with Gasteiger partial charge in [0, 0.05) is 30.4 Å². The molecule has 156 valence electrons. The average molecular weight is 422 g/mol. The Hall–Kier alpha value is -2.99. The number of benzene rings is 1. The summed E-state index contributed by atoms with van der Waals surface area (Å²) in [6, 6.07) is 17.7. The van der Waals surface area contributed by atoms with Crippen molar-refractivity contribution in [3.05, 3.63) is 86.9 Å². The molecule has 3 rings (SSSR count). The summed E-state index contributed by atoms with van der Waals surface area (Å²) in [5.74, 6) is -0.238. The second kappa shape index (κ2) is 9.67. The molecule has 0 unspecified atom stereocenters. The first-order valence-corrected chi connectivity index (χ1v) is 10.7. The predicted molar refractivity (Wildman–Crippen MR) is 121 cm³/mol. The van der Waals surface area contributed by atoms with E-state index in [-0.39, 0.29) is 11.8 Å². The molecule has 1 aromatic carbocycles. The summed E-state index contributed by atoms with van der Waals surface area (Å²) in [7, 11) is 3.37. The van der Waals surface area contributed by atoms with Gasteiger partial charge in [-0.25, -0.2) is 4.98 Å². The highest BCUT2D eigenvalue weighted by Crippen LogP contribution is 2.20. The Bertz CT molecular complexity index is 1030. The number of aryl methyl sites for hydroxylation is 2. The van der Waals surface area contributed by atoms with Crippen molar-refractivity contribution >= 4 is 23.2 Å². The summed E-state index contributed by atoms with van der Waals surface area (Å²) < 4.78 is 0. The van der Waals surface area contributed by atoms with E-state index in [2.05, 4.69) is 36.2 Å². The van der Waals surface area contributed by atoms with Gasteiger partial charge in [0.15, 0.2) is 0 Å². The van der Waals surface area contributed by atoms with Gasteiger partial charge in [-0.05, 0) is 50.1 Å². The molecule has 0 spiro atoms. The third-order valence-electron chi connectivity index (χ3n) is 4.88. The van der Waals surface area contributed by atoms with E-state index in [1.54, 1.807) is 44.5 Å². The number of rotatable bonds is 7. The maximum absolute atomic E-state index is 13.4. The van der Waals surface area contributed by atoms with E-state index < -0.39 is 0 Å². The summed E-state index contributed by atoms with van der Waals surface area (Å²) in [5, 5.41) is 0. The van der Waals surface area contributed by atoms with E-state index >= 15 is 0 Å². The number of nitrogens with zero attached hydrogens (tertiary/aromatic N) is 3. The lowest BCUT2D eigenvalue weighted by atomic mass is 10.1. The van der Waals surface area contributed by atoms with Crippen LogP contribution in [0.4, 0.5) is 0 Å². The first-order chi connectivity index (χ1) is 14.3. The van der Waals surface area contributed by atoms with Crippen molar-refractivity contribution in [2.45, 2.75) is 26.8 Å². The Balaban J connectivity index is 1.84. The van der Waals surface area contributed by atoms with E-state index in [4.69, 9.17) is 0 Å². The number of amides is 2. The minimum absolute atomic E-state index is 0.0640. The molecular weight excluding hydrogens is 394 g/mol. The third-order valence-corrected chi connectivity index (χ3v) is 5.87. The Labute approximate surface area is 182 Å². The van der Waals surface area contributed by atoms with Crippen LogP contribution in [0.2, 0.25) is 0 Å². The maximum atomic E-state index is 13.4. The van der Waals surface area contributed by atoms with Crippen LogP contribution in [0.5, 0.6) is 0 Å². The summed E-state index contributed by atoms with van der Waals surface area (Å²) in [6.07, 6.45) is 0.778. The van der Waals surface area contributed by atoms with Gasteiger partial charge in [0.05, 0.1) is 17.8 Å². The number of thiophene rings is 1. The number of carbonyl (C=O) groups is 2. The van der Waals surface area contributed by atoms with Gasteiger partial charge < -0.3 is 9.80 Å². The summed E-state index contributed by atoms with van der Waals surface area (Å²) in [5.41, 5.74) is 2.64. The number of hydrogen-bond donors (Lipinski definition) is 0. The smallest absolute Gasteiger partial charge is 0.271 e. The topological polar surface area (TPSA) is 53.5 Å². The monoisotopic (exact) mass is 421 g/mol. The van der Waals surface area contributed by atoms with E-state index in [0.29, 0.717) is 30.0 Å². The van der Waals surface area contributed by atoms with Crippen molar-refractivity contribution < 1.29 is 9.59 Å². The van der Waals surface area contributed by atoms with Gasteiger partial charge in [0.1, 0.15) is 5.69 Å². The van der Waals surface area contributed by atoms with Gasteiger partial charge in [0.2, 0.25) is 0 Å². The highest BCUT2D eigenvalue weighted by atomic mass is 32.1. The second-order valence-corrected chi connectivity index (χ2v) is 8.88. The molecule has 0 aliphatic carbocycles. The standard InChI is InChI=1S/C24H27N3O2S/c1-17-10-11-20(30-17)16-27(15-14-19-8-6-5-7-9-19)23(28)21-12-13-22(25-18(21)2)24(29)26(3)4/h5-13H,14-16H2,1-4H3. The predicted octanol–water partition coefficient (Wildman–Crippen LogP) is 4.35. The van der Waals surface area contributed by atoms with Crippen LogP contribution in [0.15, 0.2) is 54.6 Å². The molecule has 0 saturated heterocycles. The van der Waals surface area contributed by atoms with Crippen LogP contribution in [0.25, 0.3) is 0 Å². The third kappa shape index (κ3) is 5.33. The fourth-order valence-electron chi connectivity index (χ4n) is 3.22. The van der Waals surface area contributed by atoms with E-state index in [0.717, 1.165) is 11.3 Å². The highest BCUT2D eigenvalue weighted by Gasteiger charge is 2.21. The van der Waals surface area contributed by atoms with Gasteiger partial charge in [0.25, 0.3) is 11.8 Å². The van der Waals surface area contributed by atoms with Gasteiger partial charge >= 0.3 is 0 Å². The Morgan fingerprint density at radius 1 is 0.933 bits per heavy atom. The van der Waals surface area contributed by atoms with Crippen molar-refractivity contribution in [2.24, 2.45) is 0 Å². The van der Waals surface area contributed by atoms with Gasteiger partial charge in [-0.1, -0.05) is 30.3 Å². The van der Waals surface area contributed by atoms with Gasteiger partial charge in [-0.3, -0.25) is 9.59 Å². The van der Waals surface area contributed by atoms with Crippen LogP contribution < -0.4 is 0 Å². The van der Waals surface area contributed by atoms with Crippen molar-refractivity contribution in [1.29, 1.82) is 0 Å². The van der Waals surface area contributed by atoms with Crippen LogP contribution in [-0.2, 0) is 13.0 Å². The molecule has 0 fully saturated rings. The molecule has 30 heavy (non-hydrogen) atoms.